The van der Waals surface area contributed by atoms with Crippen LogP contribution in [0.2, 0.25) is 0 Å². The second-order valence-corrected chi connectivity index (χ2v) is 3.56. The van der Waals surface area contributed by atoms with Crippen molar-refractivity contribution in [3.63, 3.8) is 0 Å². The Morgan fingerprint density at radius 3 is 2.86 bits per heavy atom. The van der Waals surface area contributed by atoms with E-state index in [1.54, 1.807) is 7.11 Å². The van der Waals surface area contributed by atoms with Crippen molar-refractivity contribution in [2.45, 2.75) is 24.9 Å². The monoisotopic (exact) mass is 202 g/mol. The van der Waals surface area contributed by atoms with Crippen LogP contribution < -0.4 is 10.6 Å². The van der Waals surface area contributed by atoms with Gasteiger partial charge in [-0.25, -0.2) is 0 Å². The first-order valence-electron chi connectivity index (χ1n) is 4.88. The maximum absolute atomic E-state index is 11.2. The van der Waals surface area contributed by atoms with E-state index < -0.39 is 0 Å². The van der Waals surface area contributed by atoms with Gasteiger partial charge in [0, 0.05) is 13.2 Å². The predicted octanol–water partition coefficient (Wildman–Crippen LogP) is -1.14. The average molecular weight is 202 g/mol. The first-order chi connectivity index (χ1) is 6.76. The van der Waals surface area contributed by atoms with Crippen molar-refractivity contribution in [1.29, 1.82) is 0 Å². The summed E-state index contributed by atoms with van der Waals surface area (Å²) >= 11 is 0. The molecule has 1 unspecified atom stereocenters. The Balaban J connectivity index is 2.06. The lowest BCUT2D eigenvalue weighted by Gasteiger charge is -2.14. The van der Waals surface area contributed by atoms with Crippen LogP contribution in [0.1, 0.15) is 12.8 Å². The molecule has 0 aliphatic heterocycles. The molecule has 0 aromatic rings. The minimum absolute atomic E-state index is 0.0120. The maximum Gasteiger partial charge on any atom is 0.234 e. The van der Waals surface area contributed by atoms with Crippen molar-refractivity contribution < 1.29 is 14.6 Å². The second kappa shape index (κ2) is 5.95. The molecule has 0 saturated heterocycles. The number of amides is 1. The van der Waals surface area contributed by atoms with Gasteiger partial charge in [0.15, 0.2) is 0 Å². The standard InChI is InChI=1S/C9H18N2O3/c1-14-6-8(5-12)10-4-9(13)11-7-2-3-7/h7-8,10,12H,2-6H2,1H3,(H,11,13). The lowest BCUT2D eigenvalue weighted by atomic mass is 10.3. The predicted molar refractivity (Wildman–Crippen MR) is 51.9 cm³/mol. The molecule has 0 bridgehead atoms. The number of methoxy groups -OCH3 is 1. The highest BCUT2D eigenvalue weighted by molar-refractivity contribution is 5.78. The lowest BCUT2D eigenvalue weighted by Crippen LogP contribution is -2.43. The topological polar surface area (TPSA) is 70.6 Å². The summed E-state index contributed by atoms with van der Waals surface area (Å²) in [4.78, 5) is 11.2. The third-order valence-corrected chi connectivity index (χ3v) is 2.08. The SMILES string of the molecule is COCC(CO)NCC(=O)NC1CC1. The average Bonchev–Trinajstić information content (AvgIpc) is 2.96. The van der Waals surface area contributed by atoms with Gasteiger partial charge < -0.3 is 20.5 Å². The Hall–Kier alpha value is -0.650. The molecule has 0 aromatic carbocycles. The Morgan fingerprint density at radius 2 is 2.36 bits per heavy atom. The van der Waals surface area contributed by atoms with Gasteiger partial charge in [0.05, 0.1) is 25.8 Å². The van der Waals surface area contributed by atoms with E-state index in [1.807, 2.05) is 0 Å². The molecule has 1 atom stereocenters. The van der Waals surface area contributed by atoms with Gasteiger partial charge in [-0.3, -0.25) is 4.79 Å². The zero-order chi connectivity index (χ0) is 10.4. The second-order valence-electron chi connectivity index (χ2n) is 3.56. The van der Waals surface area contributed by atoms with Gasteiger partial charge >= 0.3 is 0 Å². The Kier molecular flexibility index (Phi) is 4.86. The smallest absolute Gasteiger partial charge is 0.234 e. The summed E-state index contributed by atoms with van der Waals surface area (Å²) in [6.45, 7) is 0.628. The molecule has 0 aromatic heterocycles. The summed E-state index contributed by atoms with van der Waals surface area (Å²) in [7, 11) is 1.56. The van der Waals surface area contributed by atoms with Crippen molar-refractivity contribution in [2.75, 3.05) is 26.9 Å². The van der Waals surface area contributed by atoms with E-state index in [0.717, 1.165) is 12.8 Å². The molecule has 1 aliphatic carbocycles. The fourth-order valence-electron chi connectivity index (χ4n) is 1.12. The normalized spacial score (nSPS) is 17.9. The molecule has 14 heavy (non-hydrogen) atoms. The fourth-order valence-corrected chi connectivity index (χ4v) is 1.12. The molecule has 5 heteroatoms. The van der Waals surface area contributed by atoms with E-state index in [4.69, 9.17) is 9.84 Å². The number of aliphatic hydroxyl groups is 1. The molecule has 0 spiro atoms. The first-order valence-corrected chi connectivity index (χ1v) is 4.88. The van der Waals surface area contributed by atoms with Crippen molar-refractivity contribution >= 4 is 5.91 Å². The zero-order valence-electron chi connectivity index (χ0n) is 8.45. The molecular weight excluding hydrogens is 184 g/mol. The minimum atomic E-state index is -0.162. The number of rotatable bonds is 7. The van der Waals surface area contributed by atoms with E-state index in [-0.39, 0.29) is 25.1 Å². The van der Waals surface area contributed by atoms with Crippen LogP contribution in [0.4, 0.5) is 0 Å². The van der Waals surface area contributed by atoms with Crippen LogP contribution in [0, 0.1) is 0 Å². The van der Waals surface area contributed by atoms with Gasteiger partial charge in [-0.2, -0.15) is 0 Å². The number of carbonyl (C=O) groups is 1. The van der Waals surface area contributed by atoms with Crippen molar-refractivity contribution in [3.8, 4) is 0 Å². The van der Waals surface area contributed by atoms with Gasteiger partial charge in [0.25, 0.3) is 0 Å². The molecule has 82 valence electrons. The van der Waals surface area contributed by atoms with Gasteiger partial charge in [-0.15, -0.1) is 0 Å². The van der Waals surface area contributed by atoms with E-state index in [9.17, 15) is 4.79 Å². The van der Waals surface area contributed by atoms with E-state index in [1.165, 1.54) is 0 Å². The van der Waals surface area contributed by atoms with Crippen molar-refractivity contribution in [2.24, 2.45) is 0 Å². The van der Waals surface area contributed by atoms with Gasteiger partial charge in [0.1, 0.15) is 0 Å². The molecule has 0 heterocycles. The maximum atomic E-state index is 11.2. The largest absolute Gasteiger partial charge is 0.395 e. The molecule has 1 saturated carbocycles. The summed E-state index contributed by atoms with van der Waals surface area (Å²) in [5, 5.41) is 14.7. The van der Waals surface area contributed by atoms with Crippen molar-refractivity contribution in [1.82, 2.24) is 10.6 Å². The summed E-state index contributed by atoms with van der Waals surface area (Å²) < 4.78 is 4.87. The fraction of sp³-hybridized carbons (Fsp3) is 0.889. The third kappa shape index (κ3) is 4.55. The highest BCUT2D eigenvalue weighted by atomic mass is 16.5. The molecule has 0 radical (unpaired) electrons. The lowest BCUT2D eigenvalue weighted by molar-refractivity contribution is -0.120. The van der Waals surface area contributed by atoms with Gasteiger partial charge in [-0.1, -0.05) is 0 Å². The molecule has 1 rings (SSSR count). The van der Waals surface area contributed by atoms with E-state index >= 15 is 0 Å². The molecular formula is C9H18N2O3. The van der Waals surface area contributed by atoms with Crippen LogP contribution in [0.3, 0.4) is 0 Å². The van der Waals surface area contributed by atoms with E-state index in [2.05, 4.69) is 10.6 Å². The highest BCUT2D eigenvalue weighted by Crippen LogP contribution is 2.18. The number of aliphatic hydroxyl groups excluding tert-OH is 1. The molecule has 1 fully saturated rings. The number of hydrogen-bond donors (Lipinski definition) is 3. The summed E-state index contributed by atoms with van der Waals surface area (Å²) in [5.41, 5.74) is 0. The third-order valence-electron chi connectivity index (χ3n) is 2.08. The van der Waals surface area contributed by atoms with Crippen LogP contribution in [0.5, 0.6) is 0 Å². The quantitative estimate of drug-likeness (QED) is 0.488. The Bertz CT molecular complexity index is 183. The van der Waals surface area contributed by atoms with Crippen LogP contribution in [-0.4, -0.2) is 50.0 Å². The molecule has 1 amide bonds. The zero-order valence-corrected chi connectivity index (χ0v) is 8.45. The number of ether oxygens (including phenoxy) is 1. The number of carbonyl (C=O) groups excluding carboxylic acids is 1. The minimum Gasteiger partial charge on any atom is -0.395 e. The van der Waals surface area contributed by atoms with E-state index in [0.29, 0.717) is 12.6 Å². The van der Waals surface area contributed by atoms with Crippen LogP contribution in [0.25, 0.3) is 0 Å². The first kappa shape index (κ1) is 11.4. The summed E-state index contributed by atoms with van der Waals surface area (Å²) in [6.07, 6.45) is 2.18. The molecule has 1 aliphatic rings. The number of nitrogens with one attached hydrogen (secondary N) is 2. The Labute approximate surface area is 83.8 Å². The van der Waals surface area contributed by atoms with Crippen LogP contribution >= 0.6 is 0 Å². The molecule has 5 nitrogen and oxygen atoms in total. The van der Waals surface area contributed by atoms with Crippen molar-refractivity contribution in [3.05, 3.63) is 0 Å². The van der Waals surface area contributed by atoms with Gasteiger partial charge in [-0.05, 0) is 12.8 Å². The molecule has 3 N–H and O–H groups in total. The number of hydrogen-bond acceptors (Lipinski definition) is 4. The summed E-state index contributed by atoms with van der Waals surface area (Å²) in [5.74, 6) is -0.0120. The van der Waals surface area contributed by atoms with Gasteiger partial charge in [0.2, 0.25) is 5.91 Å². The van der Waals surface area contributed by atoms with Crippen LogP contribution in [-0.2, 0) is 9.53 Å². The summed E-state index contributed by atoms with van der Waals surface area (Å²) in [6, 6.07) is 0.226. The van der Waals surface area contributed by atoms with Crippen LogP contribution in [0.15, 0.2) is 0 Å². The highest BCUT2D eigenvalue weighted by Gasteiger charge is 2.23. The Morgan fingerprint density at radius 1 is 1.64 bits per heavy atom.